The topological polar surface area (TPSA) is 85.8 Å². The normalized spacial score (nSPS) is 11.4. The number of nitrogen functional groups attached to an aromatic ring is 1. The van der Waals surface area contributed by atoms with Crippen molar-refractivity contribution in [2.75, 3.05) is 19.8 Å². The summed E-state index contributed by atoms with van der Waals surface area (Å²) in [6.07, 6.45) is -0.0945. The third kappa shape index (κ3) is 4.78. The van der Waals surface area contributed by atoms with Crippen molar-refractivity contribution in [3.8, 4) is 5.75 Å². The van der Waals surface area contributed by atoms with Crippen LogP contribution in [0.4, 0.5) is 10.5 Å². The fourth-order valence-electron chi connectivity index (χ4n) is 3.44. The SMILES string of the molecule is C=C(c1cc2c(C)c(Cc3cccc(N)c3)c(=O)oc2cc1OC(=O)N(C)C)[Si](C)(C)C. The van der Waals surface area contributed by atoms with Gasteiger partial charge >= 0.3 is 11.7 Å². The molecule has 2 aromatic carbocycles. The highest BCUT2D eigenvalue weighted by molar-refractivity contribution is 6.93. The van der Waals surface area contributed by atoms with Crippen LogP contribution in [0, 0.1) is 6.92 Å². The molecule has 1 amide bonds. The largest absolute Gasteiger partial charge is 0.422 e. The number of amides is 1. The molecule has 6 nitrogen and oxygen atoms in total. The molecule has 32 heavy (non-hydrogen) atoms. The number of benzene rings is 2. The first-order valence-corrected chi connectivity index (χ1v) is 13.9. The first-order valence-electron chi connectivity index (χ1n) is 10.4. The number of hydrogen-bond donors (Lipinski definition) is 1. The third-order valence-electron chi connectivity index (χ3n) is 5.51. The van der Waals surface area contributed by atoms with Crippen LogP contribution in [0.2, 0.25) is 19.6 Å². The Morgan fingerprint density at radius 3 is 2.47 bits per heavy atom. The van der Waals surface area contributed by atoms with Crippen LogP contribution in [-0.2, 0) is 6.42 Å². The first-order chi connectivity index (χ1) is 14.9. The third-order valence-corrected chi connectivity index (χ3v) is 7.59. The van der Waals surface area contributed by atoms with Crippen LogP contribution >= 0.6 is 0 Å². The van der Waals surface area contributed by atoms with Gasteiger partial charge in [-0.3, -0.25) is 0 Å². The molecule has 0 radical (unpaired) electrons. The van der Waals surface area contributed by atoms with Gasteiger partial charge < -0.3 is 19.8 Å². The maximum atomic E-state index is 12.8. The van der Waals surface area contributed by atoms with E-state index in [-0.39, 0.29) is 0 Å². The minimum Gasteiger partial charge on any atom is -0.422 e. The molecule has 0 saturated heterocycles. The Morgan fingerprint density at radius 2 is 1.88 bits per heavy atom. The predicted octanol–water partition coefficient (Wildman–Crippen LogP) is 5.23. The smallest absolute Gasteiger partial charge is 0.414 e. The van der Waals surface area contributed by atoms with Crippen molar-refractivity contribution in [2.45, 2.75) is 33.0 Å². The van der Waals surface area contributed by atoms with Gasteiger partial charge in [-0.05, 0) is 36.2 Å². The lowest BCUT2D eigenvalue weighted by Gasteiger charge is -2.23. The number of nitrogens with two attached hydrogens (primary N) is 1. The van der Waals surface area contributed by atoms with Gasteiger partial charge in [0, 0.05) is 48.8 Å². The van der Waals surface area contributed by atoms with Crippen molar-refractivity contribution < 1.29 is 13.9 Å². The van der Waals surface area contributed by atoms with Crippen molar-refractivity contribution in [1.29, 1.82) is 0 Å². The fraction of sp³-hybridized carbons (Fsp3) is 0.280. The van der Waals surface area contributed by atoms with Gasteiger partial charge in [0.1, 0.15) is 11.3 Å². The average Bonchev–Trinajstić information content (AvgIpc) is 2.69. The van der Waals surface area contributed by atoms with Gasteiger partial charge in [0.05, 0.1) is 8.07 Å². The fourth-order valence-corrected chi connectivity index (χ4v) is 4.44. The Hall–Kier alpha value is -3.32. The number of nitrogens with zero attached hydrogens (tertiary/aromatic N) is 1. The number of rotatable bonds is 5. The first kappa shape index (κ1) is 23.3. The van der Waals surface area contributed by atoms with Crippen molar-refractivity contribution in [2.24, 2.45) is 0 Å². The highest BCUT2D eigenvalue weighted by Crippen LogP contribution is 2.36. The van der Waals surface area contributed by atoms with Gasteiger partial charge in [0.25, 0.3) is 0 Å². The number of carbonyl (C=O) groups is 1. The minimum atomic E-state index is -1.81. The number of hydrogen-bond acceptors (Lipinski definition) is 5. The molecule has 7 heteroatoms. The Bertz CT molecular complexity index is 1270. The Kier molecular flexibility index (Phi) is 6.32. The Balaban J connectivity index is 2.21. The molecule has 0 bridgehead atoms. The molecule has 0 aliphatic rings. The van der Waals surface area contributed by atoms with Crippen LogP contribution in [0.5, 0.6) is 5.75 Å². The van der Waals surface area contributed by atoms with E-state index in [0.717, 1.165) is 27.3 Å². The molecule has 0 aliphatic carbocycles. The zero-order chi connectivity index (χ0) is 23.8. The average molecular weight is 451 g/mol. The maximum Gasteiger partial charge on any atom is 0.414 e. The molecule has 0 spiro atoms. The van der Waals surface area contributed by atoms with Crippen molar-refractivity contribution in [1.82, 2.24) is 4.90 Å². The van der Waals surface area contributed by atoms with E-state index in [1.165, 1.54) is 4.90 Å². The summed E-state index contributed by atoms with van der Waals surface area (Å²) >= 11 is 0. The monoisotopic (exact) mass is 450 g/mol. The van der Waals surface area contributed by atoms with Crippen LogP contribution < -0.4 is 16.1 Å². The number of carbonyl (C=O) groups excluding carboxylic acids is 1. The quantitative estimate of drug-likeness (QED) is 0.327. The molecule has 3 rings (SSSR count). The zero-order valence-corrected chi connectivity index (χ0v) is 20.5. The minimum absolute atomic E-state index is 0.342. The number of fused-ring (bicyclic) bond motifs is 1. The molecule has 1 aromatic heterocycles. The Labute approximate surface area is 189 Å². The summed E-state index contributed by atoms with van der Waals surface area (Å²) in [4.78, 5) is 26.5. The van der Waals surface area contributed by atoms with E-state index in [1.54, 1.807) is 20.2 Å². The second-order valence-electron chi connectivity index (χ2n) is 9.25. The van der Waals surface area contributed by atoms with Crippen molar-refractivity contribution in [3.63, 3.8) is 0 Å². The molecular weight excluding hydrogens is 420 g/mol. The molecule has 0 saturated carbocycles. The zero-order valence-electron chi connectivity index (χ0n) is 19.5. The van der Waals surface area contributed by atoms with Gasteiger partial charge in [-0.15, -0.1) is 0 Å². The summed E-state index contributed by atoms with van der Waals surface area (Å²) in [5, 5.41) is 1.74. The highest BCUT2D eigenvalue weighted by Gasteiger charge is 2.25. The van der Waals surface area contributed by atoms with Crippen LogP contribution in [0.3, 0.4) is 0 Å². The predicted molar refractivity (Wildman–Crippen MR) is 133 cm³/mol. The summed E-state index contributed by atoms with van der Waals surface area (Å²) in [6.45, 7) is 12.8. The number of ether oxygens (including phenoxy) is 1. The number of anilines is 1. The van der Waals surface area contributed by atoms with Gasteiger partial charge in [-0.1, -0.05) is 43.5 Å². The van der Waals surface area contributed by atoms with Crippen molar-refractivity contribution in [3.05, 3.63) is 75.7 Å². The second-order valence-corrected chi connectivity index (χ2v) is 14.4. The van der Waals surface area contributed by atoms with Crippen LogP contribution in [0.15, 0.2) is 52.2 Å². The lowest BCUT2D eigenvalue weighted by atomic mass is 9.98. The molecule has 2 N–H and O–H groups in total. The molecule has 0 unspecified atom stereocenters. The molecule has 0 fully saturated rings. The molecule has 0 atom stereocenters. The molecule has 0 aliphatic heterocycles. The van der Waals surface area contributed by atoms with Crippen LogP contribution in [-0.4, -0.2) is 33.2 Å². The lowest BCUT2D eigenvalue weighted by molar-refractivity contribution is 0.172. The molecule has 168 valence electrons. The van der Waals surface area contributed by atoms with Crippen LogP contribution in [0.25, 0.3) is 16.2 Å². The van der Waals surface area contributed by atoms with E-state index in [2.05, 4.69) is 26.2 Å². The van der Waals surface area contributed by atoms with E-state index < -0.39 is 19.8 Å². The summed E-state index contributed by atoms with van der Waals surface area (Å²) < 4.78 is 11.3. The van der Waals surface area contributed by atoms with E-state index in [1.807, 2.05) is 37.3 Å². The van der Waals surface area contributed by atoms with Crippen molar-refractivity contribution >= 4 is 36.0 Å². The summed E-state index contributed by atoms with van der Waals surface area (Å²) in [6, 6.07) is 11.0. The maximum absolute atomic E-state index is 12.8. The molecule has 3 aromatic rings. The van der Waals surface area contributed by atoms with E-state index in [4.69, 9.17) is 14.9 Å². The molecular formula is C25H30N2O4Si. The number of aryl methyl sites for hydroxylation is 1. The standard InChI is InChI=1S/C25H30N2O4Si/c1-15-19-13-21(16(2)32(5,6)7)23(31-25(29)27(3)4)14-22(19)30-24(28)20(15)12-17-9-8-10-18(26)11-17/h8-11,13-14H,2,12,26H2,1,3-7H3. The van der Waals surface area contributed by atoms with E-state index in [9.17, 15) is 9.59 Å². The van der Waals surface area contributed by atoms with Gasteiger partial charge in [0.2, 0.25) is 0 Å². The van der Waals surface area contributed by atoms with Gasteiger partial charge in [-0.2, -0.15) is 0 Å². The van der Waals surface area contributed by atoms with Gasteiger partial charge in [0.15, 0.2) is 0 Å². The van der Waals surface area contributed by atoms with E-state index in [0.29, 0.717) is 29.0 Å². The summed E-state index contributed by atoms with van der Waals surface area (Å²) in [5.74, 6) is 0.342. The lowest BCUT2D eigenvalue weighted by Crippen LogP contribution is -2.27. The Morgan fingerprint density at radius 1 is 1.19 bits per heavy atom. The highest BCUT2D eigenvalue weighted by atomic mass is 28.3. The van der Waals surface area contributed by atoms with Gasteiger partial charge in [-0.25, -0.2) is 9.59 Å². The second kappa shape index (κ2) is 8.67. The van der Waals surface area contributed by atoms with Crippen LogP contribution in [0.1, 0.15) is 22.3 Å². The summed E-state index contributed by atoms with van der Waals surface area (Å²) in [5.41, 5.74) is 9.60. The molecule has 1 heterocycles. The summed E-state index contributed by atoms with van der Waals surface area (Å²) in [7, 11) is 1.42. The van der Waals surface area contributed by atoms with E-state index >= 15 is 0 Å².